The number of likely N-dealkylation sites (N-methyl/N-ethyl adjacent to an activating group) is 1. The summed E-state index contributed by atoms with van der Waals surface area (Å²) in [6.07, 6.45) is 2.08. The lowest BCUT2D eigenvalue weighted by Crippen LogP contribution is -2.46. The van der Waals surface area contributed by atoms with Crippen LogP contribution in [0, 0.1) is 6.92 Å². The van der Waals surface area contributed by atoms with Gasteiger partial charge in [-0.3, -0.25) is 9.80 Å². The van der Waals surface area contributed by atoms with Crippen LogP contribution in [0.3, 0.4) is 0 Å². The highest BCUT2D eigenvalue weighted by Crippen LogP contribution is 2.15. The first-order chi connectivity index (χ1) is 10.6. The minimum absolute atomic E-state index is 0.545. The zero-order valence-electron chi connectivity index (χ0n) is 13.8. The second kappa shape index (κ2) is 6.77. The van der Waals surface area contributed by atoms with E-state index in [0.717, 1.165) is 50.9 Å². The predicted octanol–water partition coefficient (Wildman–Crippen LogP) is 1.80. The molecule has 2 aromatic rings. The van der Waals surface area contributed by atoms with E-state index in [9.17, 15) is 0 Å². The van der Waals surface area contributed by atoms with Gasteiger partial charge in [0.05, 0.1) is 24.4 Å². The molecule has 0 amide bonds. The van der Waals surface area contributed by atoms with Crippen LogP contribution in [0.2, 0.25) is 0 Å². The summed E-state index contributed by atoms with van der Waals surface area (Å²) in [4.78, 5) is 9.62. The Morgan fingerprint density at radius 1 is 1.32 bits per heavy atom. The molecule has 0 saturated carbocycles. The molecule has 3 heterocycles. The summed E-state index contributed by atoms with van der Waals surface area (Å²) in [6.45, 7) is 10.1. The molecule has 0 radical (unpaired) electrons. The van der Waals surface area contributed by atoms with Crippen molar-refractivity contribution in [3.8, 4) is 0 Å². The summed E-state index contributed by atoms with van der Waals surface area (Å²) in [5.41, 5.74) is 2.38. The van der Waals surface area contributed by atoms with Crippen LogP contribution in [0.25, 0.3) is 5.52 Å². The topological polar surface area (TPSA) is 33.0 Å². The predicted molar refractivity (Wildman–Crippen MR) is 88.1 cm³/mol. The zero-order chi connectivity index (χ0) is 15.5. The SMILES string of the molecule is Cc1nc(CN(C)CC(C)N2CCOCC2)c2ccccn12. The molecule has 120 valence electrons. The van der Waals surface area contributed by atoms with Gasteiger partial charge >= 0.3 is 0 Å². The normalized spacial score (nSPS) is 18.2. The molecule has 1 atom stereocenters. The lowest BCUT2D eigenvalue weighted by atomic mass is 10.2. The lowest BCUT2D eigenvalue weighted by molar-refractivity contribution is 0.0137. The van der Waals surface area contributed by atoms with Crippen LogP contribution in [0.1, 0.15) is 18.4 Å². The molecular formula is C17H26N4O. The number of aromatic nitrogens is 2. The van der Waals surface area contributed by atoms with Gasteiger partial charge in [-0.2, -0.15) is 0 Å². The molecule has 3 rings (SSSR count). The molecule has 1 fully saturated rings. The number of imidazole rings is 1. The van der Waals surface area contributed by atoms with Crippen LogP contribution in [-0.4, -0.2) is 65.1 Å². The molecule has 5 heteroatoms. The van der Waals surface area contributed by atoms with E-state index in [2.05, 4.69) is 59.5 Å². The summed E-state index contributed by atoms with van der Waals surface area (Å²) < 4.78 is 7.59. The highest BCUT2D eigenvalue weighted by molar-refractivity contribution is 5.52. The van der Waals surface area contributed by atoms with Gasteiger partial charge in [-0.25, -0.2) is 4.98 Å². The van der Waals surface area contributed by atoms with Crippen LogP contribution in [0.15, 0.2) is 24.4 Å². The summed E-state index contributed by atoms with van der Waals surface area (Å²) in [6, 6.07) is 6.82. The van der Waals surface area contributed by atoms with Gasteiger partial charge in [-0.05, 0) is 33.0 Å². The fourth-order valence-corrected chi connectivity index (χ4v) is 3.29. The fourth-order valence-electron chi connectivity index (χ4n) is 3.29. The number of ether oxygens (including phenoxy) is 1. The van der Waals surface area contributed by atoms with Crippen molar-refractivity contribution in [3.05, 3.63) is 35.9 Å². The average Bonchev–Trinajstić information content (AvgIpc) is 2.85. The molecule has 1 saturated heterocycles. The van der Waals surface area contributed by atoms with Crippen LogP contribution >= 0.6 is 0 Å². The Balaban J connectivity index is 1.64. The quantitative estimate of drug-likeness (QED) is 0.843. The molecule has 22 heavy (non-hydrogen) atoms. The first kappa shape index (κ1) is 15.5. The van der Waals surface area contributed by atoms with Gasteiger partial charge < -0.3 is 9.14 Å². The second-order valence-electron chi connectivity index (χ2n) is 6.26. The van der Waals surface area contributed by atoms with E-state index < -0.39 is 0 Å². The van der Waals surface area contributed by atoms with Gasteiger partial charge in [0.25, 0.3) is 0 Å². The van der Waals surface area contributed by atoms with Crippen molar-refractivity contribution < 1.29 is 4.74 Å². The van der Waals surface area contributed by atoms with Crippen LogP contribution < -0.4 is 0 Å². The van der Waals surface area contributed by atoms with Crippen LogP contribution in [0.5, 0.6) is 0 Å². The lowest BCUT2D eigenvalue weighted by Gasteiger charge is -2.34. The van der Waals surface area contributed by atoms with Gasteiger partial charge in [-0.1, -0.05) is 6.07 Å². The maximum atomic E-state index is 5.43. The van der Waals surface area contributed by atoms with Gasteiger partial charge in [0, 0.05) is 38.4 Å². The zero-order valence-corrected chi connectivity index (χ0v) is 13.8. The Hall–Kier alpha value is -1.43. The van der Waals surface area contributed by atoms with Crippen LogP contribution in [-0.2, 0) is 11.3 Å². The smallest absolute Gasteiger partial charge is 0.110 e. The van der Waals surface area contributed by atoms with E-state index in [1.165, 1.54) is 5.52 Å². The van der Waals surface area contributed by atoms with E-state index in [4.69, 9.17) is 9.72 Å². The number of hydrogen-bond donors (Lipinski definition) is 0. The number of morpholine rings is 1. The minimum Gasteiger partial charge on any atom is -0.379 e. The summed E-state index contributed by atoms with van der Waals surface area (Å²) in [5, 5.41) is 0. The van der Waals surface area contributed by atoms with Crippen molar-refractivity contribution in [1.82, 2.24) is 19.2 Å². The summed E-state index contributed by atoms with van der Waals surface area (Å²) in [7, 11) is 2.18. The number of hydrogen-bond acceptors (Lipinski definition) is 4. The van der Waals surface area contributed by atoms with Crippen molar-refractivity contribution in [2.24, 2.45) is 0 Å². The Labute approximate surface area is 132 Å². The Morgan fingerprint density at radius 2 is 2.09 bits per heavy atom. The molecule has 0 aromatic carbocycles. The molecule has 1 unspecified atom stereocenters. The standard InChI is InChI=1S/C17H26N4O/c1-14(20-8-10-22-11-9-20)12-19(3)13-16-17-6-4-5-7-21(17)15(2)18-16/h4-7,14H,8-13H2,1-3H3. The molecule has 5 nitrogen and oxygen atoms in total. The highest BCUT2D eigenvalue weighted by atomic mass is 16.5. The minimum atomic E-state index is 0.545. The van der Waals surface area contributed by atoms with E-state index in [1.54, 1.807) is 0 Å². The first-order valence-corrected chi connectivity index (χ1v) is 8.08. The van der Waals surface area contributed by atoms with E-state index in [1.807, 2.05) is 0 Å². The summed E-state index contributed by atoms with van der Waals surface area (Å²) >= 11 is 0. The largest absolute Gasteiger partial charge is 0.379 e. The fraction of sp³-hybridized carbons (Fsp3) is 0.588. The number of aryl methyl sites for hydroxylation is 1. The van der Waals surface area contributed by atoms with Crippen molar-refractivity contribution in [2.45, 2.75) is 26.4 Å². The number of pyridine rings is 1. The van der Waals surface area contributed by atoms with Crippen molar-refractivity contribution in [2.75, 3.05) is 39.9 Å². The molecule has 1 aliphatic heterocycles. The Bertz CT molecular complexity index is 618. The molecule has 2 aromatic heterocycles. The van der Waals surface area contributed by atoms with Gasteiger partial charge in [0.15, 0.2) is 0 Å². The van der Waals surface area contributed by atoms with E-state index >= 15 is 0 Å². The van der Waals surface area contributed by atoms with Gasteiger partial charge in [0.2, 0.25) is 0 Å². The van der Waals surface area contributed by atoms with E-state index in [0.29, 0.717) is 6.04 Å². The third-order valence-corrected chi connectivity index (χ3v) is 4.47. The van der Waals surface area contributed by atoms with E-state index in [-0.39, 0.29) is 0 Å². The van der Waals surface area contributed by atoms with Gasteiger partial charge in [0.1, 0.15) is 5.82 Å². The van der Waals surface area contributed by atoms with Crippen molar-refractivity contribution in [3.63, 3.8) is 0 Å². The molecule has 0 aliphatic carbocycles. The molecule has 1 aliphatic rings. The third-order valence-electron chi connectivity index (χ3n) is 4.47. The third kappa shape index (κ3) is 3.32. The number of fused-ring (bicyclic) bond motifs is 1. The van der Waals surface area contributed by atoms with Crippen LogP contribution in [0.4, 0.5) is 0 Å². The monoisotopic (exact) mass is 302 g/mol. The summed E-state index contributed by atoms with van der Waals surface area (Å²) in [5.74, 6) is 1.06. The Morgan fingerprint density at radius 3 is 2.86 bits per heavy atom. The number of nitrogens with zero attached hydrogens (tertiary/aromatic N) is 4. The maximum Gasteiger partial charge on any atom is 0.110 e. The van der Waals surface area contributed by atoms with Crippen molar-refractivity contribution >= 4 is 5.52 Å². The molecule has 0 spiro atoms. The molecular weight excluding hydrogens is 276 g/mol. The highest BCUT2D eigenvalue weighted by Gasteiger charge is 2.19. The molecule has 0 N–H and O–H groups in total. The van der Waals surface area contributed by atoms with Gasteiger partial charge in [-0.15, -0.1) is 0 Å². The maximum absolute atomic E-state index is 5.43. The molecule has 0 bridgehead atoms. The average molecular weight is 302 g/mol. The first-order valence-electron chi connectivity index (χ1n) is 8.08. The Kier molecular flexibility index (Phi) is 4.76. The van der Waals surface area contributed by atoms with Crippen molar-refractivity contribution in [1.29, 1.82) is 0 Å². The second-order valence-corrected chi connectivity index (χ2v) is 6.26. The number of rotatable bonds is 5.